The summed E-state index contributed by atoms with van der Waals surface area (Å²) in [6, 6.07) is 6.99. The van der Waals surface area contributed by atoms with E-state index < -0.39 is 11.5 Å². The van der Waals surface area contributed by atoms with Gasteiger partial charge in [0, 0.05) is 0 Å². The van der Waals surface area contributed by atoms with Crippen LogP contribution in [0.1, 0.15) is 15.5 Å². The molecule has 4 N–H and O–H groups in total. The van der Waals surface area contributed by atoms with E-state index in [1.54, 1.807) is 24.3 Å². The van der Waals surface area contributed by atoms with E-state index in [4.69, 9.17) is 5.73 Å². The predicted octanol–water partition coefficient (Wildman–Crippen LogP) is 0.287. The van der Waals surface area contributed by atoms with Crippen molar-refractivity contribution in [3.8, 4) is 0 Å². The lowest BCUT2D eigenvalue weighted by Gasteiger charge is -2.03. The van der Waals surface area contributed by atoms with Gasteiger partial charge in [0.1, 0.15) is 5.01 Å². The molecule has 0 aliphatic rings. The smallest absolute Gasteiger partial charge is 0.280 e. The molecule has 3 rings (SSSR count). The van der Waals surface area contributed by atoms with Crippen LogP contribution in [0.4, 0.5) is 5.13 Å². The van der Waals surface area contributed by atoms with E-state index in [0.717, 1.165) is 0 Å². The molecule has 0 saturated carbocycles. The van der Waals surface area contributed by atoms with E-state index in [0.29, 0.717) is 21.2 Å². The van der Waals surface area contributed by atoms with Crippen LogP contribution >= 0.6 is 11.3 Å². The molecule has 0 aliphatic heterocycles. The van der Waals surface area contributed by atoms with Gasteiger partial charge in [0.2, 0.25) is 5.13 Å². The summed E-state index contributed by atoms with van der Waals surface area (Å²) in [5.74, 6) is -0.573. The first-order valence-electron chi connectivity index (χ1n) is 5.98. The van der Waals surface area contributed by atoms with Gasteiger partial charge in [-0.2, -0.15) is 0 Å². The zero-order valence-corrected chi connectivity index (χ0v) is 11.5. The Morgan fingerprint density at radius 2 is 2.14 bits per heavy atom. The Bertz CT molecular complexity index is 871. The number of nitrogen functional groups attached to an aromatic ring is 1. The van der Waals surface area contributed by atoms with E-state index in [1.165, 1.54) is 11.3 Å². The Balaban J connectivity index is 1.84. The molecule has 0 unspecified atom stereocenters. The summed E-state index contributed by atoms with van der Waals surface area (Å²) in [6.07, 6.45) is 0. The molecular formula is C12H10N6O2S. The van der Waals surface area contributed by atoms with Crippen LogP contribution in [0.15, 0.2) is 29.1 Å². The zero-order valence-electron chi connectivity index (χ0n) is 10.7. The van der Waals surface area contributed by atoms with Crippen molar-refractivity contribution in [2.75, 3.05) is 5.73 Å². The number of para-hydroxylation sites is 2. The lowest BCUT2D eigenvalue weighted by molar-refractivity contribution is 0.0944. The fraction of sp³-hybridized carbons (Fsp3) is 0.0833. The molecule has 1 amide bonds. The number of nitrogens with two attached hydrogens (primary N) is 1. The molecule has 3 aromatic rings. The number of hydrogen-bond donors (Lipinski definition) is 3. The monoisotopic (exact) mass is 302 g/mol. The molecule has 106 valence electrons. The number of aromatic amines is 1. The Labute approximate surface area is 122 Å². The Hall–Kier alpha value is -2.81. The quantitative estimate of drug-likeness (QED) is 0.638. The number of carbonyl (C=O) groups excluding carboxylic acids is 1. The number of aromatic nitrogens is 4. The van der Waals surface area contributed by atoms with Crippen molar-refractivity contribution in [1.29, 1.82) is 0 Å². The van der Waals surface area contributed by atoms with E-state index in [-0.39, 0.29) is 12.2 Å². The number of anilines is 1. The number of H-pyrrole nitrogens is 1. The average molecular weight is 302 g/mol. The molecule has 2 aromatic heterocycles. The second kappa shape index (κ2) is 5.29. The Morgan fingerprint density at radius 1 is 1.33 bits per heavy atom. The summed E-state index contributed by atoms with van der Waals surface area (Å²) in [7, 11) is 0. The van der Waals surface area contributed by atoms with Crippen LogP contribution in [0.25, 0.3) is 11.0 Å². The highest BCUT2D eigenvalue weighted by molar-refractivity contribution is 7.15. The van der Waals surface area contributed by atoms with Crippen LogP contribution in [0.3, 0.4) is 0 Å². The third-order valence-electron chi connectivity index (χ3n) is 2.70. The molecular weight excluding hydrogens is 292 g/mol. The van der Waals surface area contributed by atoms with E-state index in [9.17, 15) is 9.59 Å². The lowest BCUT2D eigenvalue weighted by Crippen LogP contribution is -2.30. The molecule has 0 atom stereocenters. The minimum atomic E-state index is -0.573. The summed E-state index contributed by atoms with van der Waals surface area (Å²) in [4.78, 5) is 30.6. The summed E-state index contributed by atoms with van der Waals surface area (Å²) >= 11 is 1.17. The van der Waals surface area contributed by atoms with E-state index >= 15 is 0 Å². The van der Waals surface area contributed by atoms with Crippen molar-refractivity contribution < 1.29 is 4.79 Å². The molecule has 0 fully saturated rings. The van der Waals surface area contributed by atoms with Gasteiger partial charge in [0.15, 0.2) is 5.69 Å². The van der Waals surface area contributed by atoms with Gasteiger partial charge >= 0.3 is 0 Å². The van der Waals surface area contributed by atoms with Crippen LogP contribution in [-0.4, -0.2) is 26.1 Å². The fourth-order valence-corrected chi connectivity index (χ4v) is 2.31. The third-order valence-corrected chi connectivity index (χ3v) is 3.45. The molecule has 9 heteroatoms. The van der Waals surface area contributed by atoms with Gasteiger partial charge in [-0.25, -0.2) is 4.98 Å². The molecule has 1 aromatic carbocycles. The molecule has 21 heavy (non-hydrogen) atoms. The standard InChI is InChI=1S/C12H10N6O2S/c13-12-18-17-8(21-12)5-14-10(19)9-11(20)16-7-4-2-1-3-6(7)15-9/h1-4H,5H2,(H2,13,18)(H,14,19)(H,16,20). The Morgan fingerprint density at radius 3 is 2.90 bits per heavy atom. The number of nitrogens with zero attached hydrogens (tertiary/aromatic N) is 3. The normalized spacial score (nSPS) is 10.7. The SMILES string of the molecule is Nc1nnc(CNC(=O)c2nc3ccccc3[nH]c2=O)s1. The molecule has 0 bridgehead atoms. The maximum Gasteiger partial charge on any atom is 0.280 e. The van der Waals surface area contributed by atoms with Gasteiger partial charge in [-0.15, -0.1) is 10.2 Å². The van der Waals surface area contributed by atoms with Crippen LogP contribution < -0.4 is 16.6 Å². The number of amides is 1. The van der Waals surface area contributed by atoms with Gasteiger partial charge in [-0.3, -0.25) is 9.59 Å². The second-order valence-electron chi connectivity index (χ2n) is 4.15. The summed E-state index contributed by atoms with van der Waals surface area (Å²) in [5, 5.41) is 10.9. The number of nitrogens with one attached hydrogen (secondary N) is 2. The van der Waals surface area contributed by atoms with E-state index in [1.807, 2.05) is 0 Å². The highest BCUT2D eigenvalue weighted by Gasteiger charge is 2.14. The summed E-state index contributed by atoms with van der Waals surface area (Å²) in [6.45, 7) is 0.141. The lowest BCUT2D eigenvalue weighted by atomic mass is 10.3. The van der Waals surface area contributed by atoms with Crippen molar-refractivity contribution in [2.45, 2.75) is 6.54 Å². The van der Waals surface area contributed by atoms with Crippen LogP contribution in [0.5, 0.6) is 0 Å². The molecule has 2 heterocycles. The van der Waals surface area contributed by atoms with Gasteiger partial charge in [-0.05, 0) is 12.1 Å². The predicted molar refractivity (Wildman–Crippen MR) is 77.9 cm³/mol. The van der Waals surface area contributed by atoms with Crippen molar-refractivity contribution >= 4 is 33.4 Å². The maximum atomic E-state index is 12.0. The Kier molecular flexibility index (Phi) is 3.32. The van der Waals surface area contributed by atoms with Crippen LogP contribution in [0, 0.1) is 0 Å². The first kappa shape index (κ1) is 13.2. The van der Waals surface area contributed by atoms with Crippen molar-refractivity contribution in [1.82, 2.24) is 25.5 Å². The van der Waals surface area contributed by atoms with Crippen LogP contribution in [-0.2, 0) is 6.54 Å². The van der Waals surface area contributed by atoms with E-state index in [2.05, 4.69) is 25.5 Å². The number of rotatable bonds is 3. The van der Waals surface area contributed by atoms with Crippen molar-refractivity contribution in [2.24, 2.45) is 0 Å². The molecule has 0 radical (unpaired) electrons. The number of benzene rings is 1. The number of fused-ring (bicyclic) bond motifs is 1. The maximum absolute atomic E-state index is 12.0. The summed E-state index contributed by atoms with van der Waals surface area (Å²) < 4.78 is 0. The first-order valence-corrected chi connectivity index (χ1v) is 6.80. The van der Waals surface area contributed by atoms with Gasteiger partial charge in [0.25, 0.3) is 11.5 Å². The fourth-order valence-electron chi connectivity index (χ4n) is 1.76. The van der Waals surface area contributed by atoms with Crippen molar-refractivity contribution in [3.05, 3.63) is 45.3 Å². The molecule has 0 spiro atoms. The molecule has 0 aliphatic carbocycles. The average Bonchev–Trinajstić information content (AvgIpc) is 2.89. The van der Waals surface area contributed by atoms with Gasteiger partial charge < -0.3 is 16.0 Å². The second-order valence-corrected chi connectivity index (χ2v) is 5.24. The number of hydrogen-bond acceptors (Lipinski definition) is 7. The molecule has 8 nitrogen and oxygen atoms in total. The molecule has 0 saturated heterocycles. The topological polar surface area (TPSA) is 127 Å². The minimum Gasteiger partial charge on any atom is -0.374 e. The van der Waals surface area contributed by atoms with Gasteiger partial charge in [-0.1, -0.05) is 23.5 Å². The first-order chi connectivity index (χ1) is 10.1. The summed E-state index contributed by atoms with van der Waals surface area (Å²) in [5.41, 5.74) is 5.84. The third kappa shape index (κ3) is 2.72. The highest BCUT2D eigenvalue weighted by atomic mass is 32.1. The van der Waals surface area contributed by atoms with Crippen molar-refractivity contribution in [3.63, 3.8) is 0 Å². The highest BCUT2D eigenvalue weighted by Crippen LogP contribution is 2.10. The van der Waals surface area contributed by atoms with Gasteiger partial charge in [0.05, 0.1) is 17.6 Å². The minimum absolute atomic E-state index is 0.141. The zero-order chi connectivity index (χ0) is 14.8. The van der Waals surface area contributed by atoms with Crippen LogP contribution in [0.2, 0.25) is 0 Å². The number of carbonyl (C=O) groups is 1. The largest absolute Gasteiger partial charge is 0.374 e.